The third-order valence-electron chi connectivity index (χ3n) is 4.07. The van der Waals surface area contributed by atoms with Crippen molar-refractivity contribution in [2.24, 2.45) is 5.92 Å². The highest BCUT2D eigenvalue weighted by Gasteiger charge is 2.24. The van der Waals surface area contributed by atoms with Crippen LogP contribution in [-0.2, 0) is 6.54 Å². The Morgan fingerprint density at radius 3 is 2.95 bits per heavy atom. The first kappa shape index (κ1) is 15.7. The van der Waals surface area contributed by atoms with Gasteiger partial charge in [0.15, 0.2) is 5.75 Å². The summed E-state index contributed by atoms with van der Waals surface area (Å²) in [5, 5.41) is 20.6. The van der Waals surface area contributed by atoms with Crippen LogP contribution in [0.25, 0.3) is 0 Å². The van der Waals surface area contributed by atoms with Crippen LogP contribution in [-0.4, -0.2) is 41.2 Å². The number of nitro groups is 1. The van der Waals surface area contributed by atoms with Gasteiger partial charge in [0.1, 0.15) is 0 Å². The van der Waals surface area contributed by atoms with Crippen LogP contribution in [0.3, 0.4) is 0 Å². The van der Waals surface area contributed by atoms with Gasteiger partial charge in [-0.15, -0.1) is 0 Å². The number of nitro benzene ring substituents is 1. The van der Waals surface area contributed by atoms with Crippen LogP contribution in [0.1, 0.15) is 25.3 Å². The second-order valence-corrected chi connectivity index (χ2v) is 5.64. The molecule has 0 aromatic heterocycles. The fraction of sp³-hybridized carbons (Fsp3) is 0.600. The van der Waals surface area contributed by atoms with Crippen molar-refractivity contribution in [1.29, 1.82) is 0 Å². The maximum Gasteiger partial charge on any atom is 0.310 e. The van der Waals surface area contributed by atoms with Crippen LogP contribution in [0.2, 0.25) is 0 Å². The summed E-state index contributed by atoms with van der Waals surface area (Å²) < 4.78 is 5.10. The lowest BCUT2D eigenvalue weighted by molar-refractivity contribution is -0.385. The first-order valence-corrected chi connectivity index (χ1v) is 7.23. The minimum Gasteiger partial charge on any atom is -0.490 e. The number of hydrogen-bond donors (Lipinski definition) is 1. The van der Waals surface area contributed by atoms with Gasteiger partial charge in [0, 0.05) is 19.2 Å². The molecule has 0 radical (unpaired) electrons. The van der Waals surface area contributed by atoms with Crippen molar-refractivity contribution in [2.75, 3.05) is 20.2 Å². The Morgan fingerprint density at radius 2 is 2.33 bits per heavy atom. The van der Waals surface area contributed by atoms with Crippen LogP contribution in [0.4, 0.5) is 5.69 Å². The maximum atomic E-state index is 10.9. The quantitative estimate of drug-likeness (QED) is 0.665. The third-order valence-corrected chi connectivity index (χ3v) is 4.07. The van der Waals surface area contributed by atoms with E-state index in [0.717, 1.165) is 38.0 Å². The van der Waals surface area contributed by atoms with Gasteiger partial charge in [-0.3, -0.25) is 15.0 Å². The zero-order chi connectivity index (χ0) is 15.4. The smallest absolute Gasteiger partial charge is 0.310 e. The molecule has 6 nitrogen and oxygen atoms in total. The molecule has 1 saturated heterocycles. The Kier molecular flexibility index (Phi) is 5.14. The van der Waals surface area contributed by atoms with Gasteiger partial charge in [0.2, 0.25) is 0 Å². The standard InChI is InChI=1S/C15H22N2O4/c1-11(18)13-4-3-7-16(10-13)9-12-5-6-14(17(19)20)15(8-12)21-2/h5-6,8,11,13,18H,3-4,7,9-10H2,1-2H3. The van der Waals surface area contributed by atoms with Gasteiger partial charge in [-0.25, -0.2) is 0 Å². The molecule has 1 aromatic rings. The highest BCUT2D eigenvalue weighted by molar-refractivity contribution is 5.48. The number of nitrogens with zero attached hydrogens (tertiary/aromatic N) is 2. The third kappa shape index (κ3) is 3.92. The molecule has 21 heavy (non-hydrogen) atoms. The lowest BCUT2D eigenvalue weighted by Gasteiger charge is -2.34. The molecule has 1 fully saturated rings. The molecule has 0 saturated carbocycles. The van der Waals surface area contributed by atoms with E-state index < -0.39 is 4.92 Å². The number of ether oxygens (including phenoxy) is 1. The summed E-state index contributed by atoms with van der Waals surface area (Å²) in [5.41, 5.74) is 0.977. The summed E-state index contributed by atoms with van der Waals surface area (Å²) in [6.45, 7) is 4.40. The van der Waals surface area contributed by atoms with Gasteiger partial charge < -0.3 is 9.84 Å². The number of likely N-dealkylation sites (tertiary alicyclic amines) is 1. The molecule has 116 valence electrons. The number of hydrogen-bond acceptors (Lipinski definition) is 5. The molecular weight excluding hydrogens is 272 g/mol. The van der Waals surface area contributed by atoms with E-state index in [-0.39, 0.29) is 11.8 Å². The Morgan fingerprint density at radius 1 is 1.57 bits per heavy atom. The molecule has 2 atom stereocenters. The summed E-state index contributed by atoms with van der Waals surface area (Å²) in [5.74, 6) is 0.597. The van der Waals surface area contributed by atoms with E-state index in [2.05, 4.69) is 4.90 Å². The minimum absolute atomic E-state index is 0.0123. The van der Waals surface area contributed by atoms with Crippen molar-refractivity contribution in [1.82, 2.24) is 4.90 Å². The number of methoxy groups -OCH3 is 1. The molecule has 6 heteroatoms. The normalized spacial score (nSPS) is 21.0. The molecule has 1 aliphatic heterocycles. The topological polar surface area (TPSA) is 75.8 Å². The Hall–Kier alpha value is -1.66. The fourth-order valence-corrected chi connectivity index (χ4v) is 2.86. The maximum absolute atomic E-state index is 10.9. The number of piperidine rings is 1. The first-order chi connectivity index (χ1) is 10.0. The van der Waals surface area contributed by atoms with E-state index in [4.69, 9.17) is 4.74 Å². The number of aliphatic hydroxyl groups excluding tert-OH is 1. The molecule has 1 aromatic carbocycles. The second kappa shape index (κ2) is 6.87. The molecule has 0 bridgehead atoms. The van der Waals surface area contributed by atoms with Crippen molar-refractivity contribution >= 4 is 5.69 Å². The molecule has 1 heterocycles. The monoisotopic (exact) mass is 294 g/mol. The average Bonchev–Trinajstić information content (AvgIpc) is 2.47. The fourth-order valence-electron chi connectivity index (χ4n) is 2.86. The molecule has 1 N–H and O–H groups in total. The zero-order valence-electron chi connectivity index (χ0n) is 12.5. The molecule has 1 aliphatic rings. The predicted molar refractivity (Wildman–Crippen MR) is 79.3 cm³/mol. The Bertz CT molecular complexity index is 504. The van der Waals surface area contributed by atoms with Crippen LogP contribution < -0.4 is 4.74 Å². The van der Waals surface area contributed by atoms with Crippen molar-refractivity contribution in [2.45, 2.75) is 32.4 Å². The molecule has 0 spiro atoms. The number of aliphatic hydroxyl groups is 1. The summed E-state index contributed by atoms with van der Waals surface area (Å²) in [7, 11) is 1.44. The highest BCUT2D eigenvalue weighted by atomic mass is 16.6. The number of rotatable bonds is 5. The van der Waals surface area contributed by atoms with Gasteiger partial charge in [0.05, 0.1) is 18.1 Å². The lowest BCUT2D eigenvalue weighted by atomic mass is 9.93. The van der Waals surface area contributed by atoms with Crippen molar-refractivity contribution < 1.29 is 14.8 Å². The van der Waals surface area contributed by atoms with Crippen molar-refractivity contribution in [3.63, 3.8) is 0 Å². The van der Waals surface area contributed by atoms with E-state index in [9.17, 15) is 15.2 Å². The molecule has 0 amide bonds. The van der Waals surface area contributed by atoms with E-state index in [1.54, 1.807) is 12.1 Å². The van der Waals surface area contributed by atoms with Gasteiger partial charge in [-0.1, -0.05) is 6.07 Å². The Balaban J connectivity index is 2.07. The first-order valence-electron chi connectivity index (χ1n) is 7.23. The van der Waals surface area contributed by atoms with E-state index >= 15 is 0 Å². The molecule has 2 unspecified atom stereocenters. The van der Waals surface area contributed by atoms with Crippen molar-refractivity contribution in [3.8, 4) is 5.75 Å². The lowest BCUT2D eigenvalue weighted by Crippen LogP contribution is -2.39. The summed E-state index contributed by atoms with van der Waals surface area (Å²) >= 11 is 0. The molecule has 2 rings (SSSR count). The van der Waals surface area contributed by atoms with Gasteiger partial charge in [-0.2, -0.15) is 0 Å². The minimum atomic E-state index is -0.438. The van der Waals surface area contributed by atoms with Crippen molar-refractivity contribution in [3.05, 3.63) is 33.9 Å². The summed E-state index contributed by atoms with van der Waals surface area (Å²) in [6.07, 6.45) is 1.83. The van der Waals surface area contributed by atoms with E-state index in [1.165, 1.54) is 13.2 Å². The SMILES string of the molecule is COc1cc(CN2CCCC(C(C)O)C2)ccc1[N+](=O)[O-]. The van der Waals surface area contributed by atoms with E-state index in [0.29, 0.717) is 11.7 Å². The Labute approximate surface area is 124 Å². The average molecular weight is 294 g/mol. The van der Waals surface area contributed by atoms with Gasteiger partial charge in [-0.05, 0) is 43.9 Å². The zero-order valence-corrected chi connectivity index (χ0v) is 12.5. The highest BCUT2D eigenvalue weighted by Crippen LogP contribution is 2.29. The summed E-state index contributed by atoms with van der Waals surface area (Å²) in [4.78, 5) is 12.7. The van der Waals surface area contributed by atoms with Gasteiger partial charge in [0.25, 0.3) is 0 Å². The van der Waals surface area contributed by atoms with E-state index in [1.807, 2.05) is 6.92 Å². The van der Waals surface area contributed by atoms with Crippen LogP contribution in [0.15, 0.2) is 18.2 Å². The van der Waals surface area contributed by atoms with Crippen LogP contribution >= 0.6 is 0 Å². The van der Waals surface area contributed by atoms with Gasteiger partial charge >= 0.3 is 5.69 Å². The second-order valence-electron chi connectivity index (χ2n) is 5.64. The van der Waals surface area contributed by atoms with Crippen LogP contribution in [0.5, 0.6) is 5.75 Å². The van der Waals surface area contributed by atoms with Crippen LogP contribution in [0, 0.1) is 16.0 Å². The predicted octanol–water partition coefficient (Wildman–Crippen LogP) is 2.20. The number of benzene rings is 1. The molecule has 0 aliphatic carbocycles. The largest absolute Gasteiger partial charge is 0.490 e. The summed E-state index contributed by atoms with van der Waals surface area (Å²) in [6, 6.07) is 4.99. The molecular formula is C15H22N2O4.